The summed E-state index contributed by atoms with van der Waals surface area (Å²) in [5.41, 5.74) is 7.47. The number of pyridine rings is 1. The van der Waals surface area contributed by atoms with E-state index < -0.39 is 0 Å². The fourth-order valence-electron chi connectivity index (χ4n) is 7.16. The van der Waals surface area contributed by atoms with Crippen molar-refractivity contribution in [3.63, 3.8) is 0 Å². The molecule has 4 aliphatic rings. The van der Waals surface area contributed by atoms with Gasteiger partial charge < -0.3 is 19.3 Å². The number of anilines is 1. The Hall–Kier alpha value is -4.13. The lowest BCUT2D eigenvalue weighted by Gasteiger charge is -2.31. The van der Waals surface area contributed by atoms with Crippen LogP contribution in [0.3, 0.4) is 0 Å². The Morgan fingerprint density at radius 1 is 1.13 bits per heavy atom. The number of aliphatic hydroxyl groups is 1. The highest BCUT2D eigenvalue weighted by atomic mass is 16.5. The predicted molar refractivity (Wildman–Crippen MR) is 169 cm³/mol. The van der Waals surface area contributed by atoms with Crippen LogP contribution in [-0.2, 0) is 48.6 Å². The van der Waals surface area contributed by atoms with Gasteiger partial charge >= 0.3 is 0 Å². The van der Waals surface area contributed by atoms with E-state index in [-0.39, 0.29) is 30.4 Å². The number of ether oxygens (including phenoxy) is 1. The third-order valence-corrected chi connectivity index (χ3v) is 9.25. The molecule has 7 rings (SSSR count). The van der Waals surface area contributed by atoms with Gasteiger partial charge in [0.1, 0.15) is 11.5 Å². The lowest BCUT2D eigenvalue weighted by Crippen LogP contribution is -2.42. The van der Waals surface area contributed by atoms with Crippen LogP contribution >= 0.6 is 0 Å². The minimum Gasteiger partial charge on any atom is -0.392 e. The molecule has 45 heavy (non-hydrogen) atoms. The zero-order valence-corrected chi connectivity index (χ0v) is 26.4. The van der Waals surface area contributed by atoms with Gasteiger partial charge in [-0.15, -0.1) is 0 Å². The van der Waals surface area contributed by atoms with Crippen molar-refractivity contribution in [3.05, 3.63) is 64.2 Å². The number of amides is 2. The van der Waals surface area contributed by atoms with Crippen molar-refractivity contribution < 1.29 is 19.4 Å². The summed E-state index contributed by atoms with van der Waals surface area (Å²) in [5, 5.41) is 15.4. The first-order valence-corrected chi connectivity index (χ1v) is 15.6. The molecule has 0 radical (unpaired) electrons. The summed E-state index contributed by atoms with van der Waals surface area (Å²) >= 11 is 0. The van der Waals surface area contributed by atoms with Crippen molar-refractivity contribution >= 4 is 34.7 Å². The number of hydrogen-bond donors (Lipinski definition) is 1. The van der Waals surface area contributed by atoms with Crippen molar-refractivity contribution in [1.82, 2.24) is 29.1 Å². The molecule has 1 aliphatic carbocycles. The van der Waals surface area contributed by atoms with Crippen LogP contribution in [0.2, 0.25) is 0 Å². The standard InChI is InChI=1S/C33H40N8O4/c1-21(43)38-7-10-41-25(17-38)13-30(36-41)35-24-11-23(16-37(4)20-45-19-24)26-5-6-34-31(27(26)18-42)40-9-8-39-28(32(40)44)12-22-14-33(2,3)15-29(22)39/h5-6,11-13,42H,7-10,14-20H2,1-4H3/b23-11+,35-24?. The normalized spacial score (nSPS) is 22.0. The maximum atomic E-state index is 13.9. The third kappa shape index (κ3) is 5.51. The Labute approximate surface area is 262 Å². The fraction of sp³-hybridized carbons (Fsp3) is 0.485. The number of carbonyl (C=O) groups is 2. The molecule has 0 saturated heterocycles. The van der Waals surface area contributed by atoms with Crippen LogP contribution in [0.25, 0.3) is 5.57 Å². The summed E-state index contributed by atoms with van der Waals surface area (Å²) < 4.78 is 10.0. The van der Waals surface area contributed by atoms with Gasteiger partial charge in [-0.2, -0.15) is 5.10 Å². The zero-order chi connectivity index (χ0) is 31.5. The SMILES string of the molecule is CC(=O)N1CCn2nc(N=C3/C=C(/c4ccnc(N5CCn6c(cc7c6CC(C)(C)C7)C5=O)c4CO)CN(C)COC3)cc2C1. The van der Waals surface area contributed by atoms with Gasteiger partial charge in [-0.05, 0) is 60.2 Å². The molecule has 3 aromatic rings. The number of fused-ring (bicyclic) bond motifs is 4. The number of likely N-dealkylation sites (N-methyl/N-ethyl adjacent to an activating group) is 1. The summed E-state index contributed by atoms with van der Waals surface area (Å²) in [5.74, 6) is 1.02. The average Bonchev–Trinajstić information content (AvgIpc) is 3.64. The summed E-state index contributed by atoms with van der Waals surface area (Å²) in [6, 6.07) is 5.87. The second kappa shape index (κ2) is 11.3. The summed E-state index contributed by atoms with van der Waals surface area (Å²) in [6.45, 7) is 10.0. The number of carbonyl (C=O) groups excluding carboxylic acids is 2. The Kier molecular flexibility index (Phi) is 7.46. The van der Waals surface area contributed by atoms with Gasteiger partial charge in [0.25, 0.3) is 5.91 Å². The van der Waals surface area contributed by atoms with E-state index in [9.17, 15) is 14.7 Å². The molecule has 0 aromatic carbocycles. The predicted octanol–water partition coefficient (Wildman–Crippen LogP) is 2.79. The van der Waals surface area contributed by atoms with Crippen LogP contribution in [-0.4, -0.2) is 91.8 Å². The highest BCUT2D eigenvalue weighted by Crippen LogP contribution is 2.40. The number of aliphatic hydroxyl groups excluding tert-OH is 1. The highest BCUT2D eigenvalue weighted by molar-refractivity contribution is 6.07. The monoisotopic (exact) mass is 612 g/mol. The fourth-order valence-corrected chi connectivity index (χ4v) is 7.16. The van der Waals surface area contributed by atoms with E-state index in [2.05, 4.69) is 39.5 Å². The molecule has 0 spiro atoms. The number of aromatic nitrogens is 4. The van der Waals surface area contributed by atoms with E-state index in [0.717, 1.165) is 29.7 Å². The average molecular weight is 613 g/mol. The van der Waals surface area contributed by atoms with Gasteiger partial charge in [0.15, 0.2) is 5.82 Å². The number of hydrogen-bond acceptors (Lipinski definition) is 8. The molecule has 0 unspecified atom stereocenters. The third-order valence-electron chi connectivity index (χ3n) is 9.25. The topological polar surface area (TPSA) is 121 Å². The molecule has 0 fully saturated rings. The van der Waals surface area contributed by atoms with Gasteiger partial charge in [0.05, 0.1) is 44.4 Å². The molecule has 0 saturated carbocycles. The van der Waals surface area contributed by atoms with Gasteiger partial charge in [-0.1, -0.05) is 13.8 Å². The van der Waals surface area contributed by atoms with Crippen molar-refractivity contribution in [2.75, 3.05) is 44.9 Å². The smallest absolute Gasteiger partial charge is 0.276 e. The van der Waals surface area contributed by atoms with Crippen LogP contribution in [0.15, 0.2) is 35.5 Å². The molecule has 236 valence electrons. The minimum atomic E-state index is -0.265. The summed E-state index contributed by atoms with van der Waals surface area (Å²) in [4.78, 5) is 40.8. The lowest BCUT2D eigenvalue weighted by molar-refractivity contribution is -0.130. The van der Waals surface area contributed by atoms with E-state index in [1.807, 2.05) is 29.9 Å². The Balaban J connectivity index is 1.22. The maximum Gasteiger partial charge on any atom is 0.276 e. The second-order valence-corrected chi connectivity index (χ2v) is 13.4. The van der Waals surface area contributed by atoms with Crippen molar-refractivity contribution in [2.24, 2.45) is 10.4 Å². The van der Waals surface area contributed by atoms with Crippen molar-refractivity contribution in [2.45, 2.75) is 59.9 Å². The number of nitrogens with zero attached hydrogens (tertiary/aromatic N) is 8. The quantitative estimate of drug-likeness (QED) is 0.481. The van der Waals surface area contributed by atoms with Crippen molar-refractivity contribution in [1.29, 1.82) is 0 Å². The van der Waals surface area contributed by atoms with Gasteiger partial charge in [-0.25, -0.2) is 9.98 Å². The van der Waals surface area contributed by atoms with E-state index in [0.29, 0.717) is 74.6 Å². The van der Waals surface area contributed by atoms with Crippen molar-refractivity contribution in [3.8, 4) is 0 Å². The highest BCUT2D eigenvalue weighted by Gasteiger charge is 2.37. The van der Waals surface area contributed by atoms with Crippen LogP contribution in [0, 0.1) is 5.41 Å². The zero-order valence-electron chi connectivity index (χ0n) is 26.4. The van der Waals surface area contributed by atoms with Gasteiger partial charge in [0, 0.05) is 56.6 Å². The molecule has 6 heterocycles. The first-order chi connectivity index (χ1) is 21.6. The van der Waals surface area contributed by atoms with Crippen LogP contribution in [0.5, 0.6) is 0 Å². The van der Waals surface area contributed by atoms with E-state index >= 15 is 0 Å². The Bertz CT molecular complexity index is 1750. The molecule has 0 bridgehead atoms. The van der Waals surface area contributed by atoms with Gasteiger partial charge in [-0.3, -0.25) is 24.1 Å². The first-order valence-electron chi connectivity index (χ1n) is 15.6. The van der Waals surface area contributed by atoms with Crippen LogP contribution < -0.4 is 4.90 Å². The van der Waals surface area contributed by atoms with E-state index in [1.165, 1.54) is 11.3 Å². The second-order valence-electron chi connectivity index (χ2n) is 13.4. The molecular formula is C33H40N8O4. The number of aliphatic imine (C=N–C) groups is 1. The summed E-state index contributed by atoms with van der Waals surface area (Å²) in [6.07, 6.45) is 5.64. The maximum absolute atomic E-state index is 13.9. The molecule has 3 aliphatic heterocycles. The molecule has 3 aromatic heterocycles. The molecule has 12 nitrogen and oxygen atoms in total. The van der Waals surface area contributed by atoms with Gasteiger partial charge in [0.2, 0.25) is 5.91 Å². The Morgan fingerprint density at radius 3 is 2.78 bits per heavy atom. The molecule has 2 amide bonds. The first kappa shape index (κ1) is 29.6. The summed E-state index contributed by atoms with van der Waals surface area (Å²) in [7, 11) is 1.98. The lowest BCUT2D eigenvalue weighted by atomic mass is 9.90. The largest absolute Gasteiger partial charge is 0.392 e. The van der Waals surface area contributed by atoms with E-state index in [4.69, 9.17) is 9.73 Å². The van der Waals surface area contributed by atoms with E-state index in [1.54, 1.807) is 22.9 Å². The van der Waals surface area contributed by atoms with Crippen LogP contribution in [0.1, 0.15) is 59.3 Å². The Morgan fingerprint density at radius 2 is 1.98 bits per heavy atom. The molecule has 12 heteroatoms. The molecular weight excluding hydrogens is 572 g/mol. The minimum absolute atomic E-state index is 0.0461. The van der Waals surface area contributed by atoms with Crippen LogP contribution in [0.4, 0.5) is 11.6 Å². The number of rotatable bonds is 4. The molecule has 0 atom stereocenters. The molecule has 1 N–H and O–H groups in total.